The first-order valence-electron chi connectivity index (χ1n) is 6.22. The number of nitrogens with zero attached hydrogens (tertiary/aromatic N) is 2. The summed E-state index contributed by atoms with van der Waals surface area (Å²) in [5.74, 6) is -0.459. The average molecular weight is 421 g/mol. The van der Waals surface area contributed by atoms with Gasteiger partial charge in [0, 0.05) is 42.3 Å². The Morgan fingerprint density at radius 3 is 2.50 bits per heavy atom. The summed E-state index contributed by atoms with van der Waals surface area (Å²) in [6.07, 6.45) is 0. The highest BCUT2D eigenvalue weighted by atomic mass is 79.9. The van der Waals surface area contributed by atoms with E-state index in [-0.39, 0.29) is 30.4 Å². The van der Waals surface area contributed by atoms with Gasteiger partial charge in [0.05, 0.1) is 11.0 Å². The standard InChI is InChI=1S/C12H15BrFN3O3.2ClH/c13-8-5-9(12(18)10(6-8)17(19)20)11(7-14)16-3-1-15-2-4-16;;/h5-6,11,15,18H,1-4,7H2;2*1H/t11-;;/m0../s1. The molecule has 2 rings (SSSR count). The van der Waals surface area contributed by atoms with Crippen LogP contribution in [0, 0.1) is 10.1 Å². The van der Waals surface area contributed by atoms with Crippen molar-refractivity contribution in [2.24, 2.45) is 0 Å². The van der Waals surface area contributed by atoms with E-state index in [9.17, 15) is 19.6 Å². The molecule has 1 aromatic carbocycles. The summed E-state index contributed by atoms with van der Waals surface area (Å²) >= 11 is 3.17. The van der Waals surface area contributed by atoms with Gasteiger partial charge in [0.15, 0.2) is 5.75 Å². The molecular weight excluding hydrogens is 404 g/mol. The molecule has 0 amide bonds. The first kappa shape index (κ1) is 21.3. The lowest BCUT2D eigenvalue weighted by Gasteiger charge is -2.33. The fourth-order valence-electron chi connectivity index (χ4n) is 2.37. The Kier molecular flexibility index (Phi) is 9.18. The lowest BCUT2D eigenvalue weighted by Crippen LogP contribution is -2.45. The maximum Gasteiger partial charge on any atom is 0.312 e. The summed E-state index contributed by atoms with van der Waals surface area (Å²) in [5, 5.41) is 24.1. The second kappa shape index (κ2) is 9.46. The molecule has 1 saturated heterocycles. The van der Waals surface area contributed by atoms with Crippen molar-refractivity contribution in [2.45, 2.75) is 6.04 Å². The average Bonchev–Trinajstić information content (AvgIpc) is 2.44. The molecule has 0 aliphatic carbocycles. The SMILES string of the molecule is Cl.Cl.O=[N+]([O-])c1cc(Br)cc([C@H](CF)N2CCNCC2)c1O. The van der Waals surface area contributed by atoms with E-state index < -0.39 is 29.1 Å². The van der Waals surface area contributed by atoms with E-state index in [4.69, 9.17) is 0 Å². The van der Waals surface area contributed by atoms with Crippen molar-refractivity contribution < 1.29 is 14.4 Å². The molecule has 6 nitrogen and oxygen atoms in total. The van der Waals surface area contributed by atoms with E-state index in [1.54, 1.807) is 0 Å². The fraction of sp³-hybridized carbons (Fsp3) is 0.500. The summed E-state index contributed by atoms with van der Waals surface area (Å²) < 4.78 is 13.9. The van der Waals surface area contributed by atoms with E-state index in [2.05, 4.69) is 21.2 Å². The third-order valence-electron chi connectivity index (χ3n) is 3.38. The number of nitro benzene ring substituents is 1. The number of phenolic OH excluding ortho intramolecular Hbond substituents is 1. The lowest BCUT2D eigenvalue weighted by atomic mass is 10.0. The minimum absolute atomic E-state index is 0. The summed E-state index contributed by atoms with van der Waals surface area (Å²) in [7, 11) is 0. The molecule has 10 heteroatoms. The number of benzene rings is 1. The first-order chi connectivity index (χ1) is 9.54. The Labute approximate surface area is 148 Å². The number of halogens is 4. The van der Waals surface area contributed by atoms with Gasteiger partial charge in [-0.3, -0.25) is 15.0 Å². The number of phenols is 1. The summed E-state index contributed by atoms with van der Waals surface area (Å²) in [6, 6.07) is 2.08. The van der Waals surface area contributed by atoms with Gasteiger partial charge in [-0.25, -0.2) is 4.39 Å². The Bertz CT molecular complexity index is 519. The third kappa shape index (κ3) is 4.66. The molecule has 2 N–H and O–H groups in total. The van der Waals surface area contributed by atoms with Crippen LogP contribution in [0.2, 0.25) is 0 Å². The second-order valence-electron chi connectivity index (χ2n) is 4.58. The number of nitrogens with one attached hydrogen (secondary N) is 1. The van der Waals surface area contributed by atoms with Gasteiger partial charge in [-0.2, -0.15) is 0 Å². The molecule has 0 spiro atoms. The molecule has 1 aromatic rings. The summed E-state index contributed by atoms with van der Waals surface area (Å²) in [4.78, 5) is 12.1. The Hall–Kier alpha value is -0.670. The predicted octanol–water partition coefficient (Wildman–Crippen LogP) is 2.82. The summed E-state index contributed by atoms with van der Waals surface area (Å²) in [6.45, 7) is 2.02. The minimum atomic E-state index is -0.707. The van der Waals surface area contributed by atoms with Crippen LogP contribution >= 0.6 is 40.7 Å². The van der Waals surface area contributed by atoms with Gasteiger partial charge < -0.3 is 10.4 Å². The number of nitro groups is 1. The van der Waals surface area contributed by atoms with Gasteiger partial charge in [-0.1, -0.05) is 15.9 Å². The molecule has 1 aliphatic rings. The van der Waals surface area contributed by atoms with Gasteiger partial charge in [0.25, 0.3) is 0 Å². The maximum atomic E-state index is 13.4. The molecule has 0 radical (unpaired) electrons. The molecule has 1 fully saturated rings. The lowest BCUT2D eigenvalue weighted by molar-refractivity contribution is -0.386. The van der Waals surface area contributed by atoms with Crippen LogP contribution in [0.1, 0.15) is 11.6 Å². The van der Waals surface area contributed by atoms with Crippen molar-refractivity contribution >= 4 is 46.4 Å². The van der Waals surface area contributed by atoms with Gasteiger partial charge in [-0.05, 0) is 6.07 Å². The van der Waals surface area contributed by atoms with Crippen LogP contribution in [0.5, 0.6) is 5.75 Å². The number of alkyl halides is 1. The smallest absolute Gasteiger partial charge is 0.312 e. The van der Waals surface area contributed by atoms with Crippen LogP contribution < -0.4 is 5.32 Å². The minimum Gasteiger partial charge on any atom is -0.502 e. The monoisotopic (exact) mass is 419 g/mol. The molecule has 22 heavy (non-hydrogen) atoms. The van der Waals surface area contributed by atoms with Crippen LogP contribution in [0.4, 0.5) is 10.1 Å². The topological polar surface area (TPSA) is 78.6 Å². The van der Waals surface area contributed by atoms with E-state index in [0.717, 1.165) is 13.1 Å². The molecule has 0 bridgehead atoms. The fourth-order valence-corrected chi connectivity index (χ4v) is 2.83. The zero-order chi connectivity index (χ0) is 14.7. The van der Waals surface area contributed by atoms with Crippen molar-refractivity contribution in [1.82, 2.24) is 10.2 Å². The van der Waals surface area contributed by atoms with Gasteiger partial charge >= 0.3 is 5.69 Å². The third-order valence-corrected chi connectivity index (χ3v) is 3.84. The molecule has 0 unspecified atom stereocenters. The molecule has 1 aliphatic heterocycles. The van der Waals surface area contributed by atoms with Crippen LogP contribution in [0.25, 0.3) is 0 Å². The Morgan fingerprint density at radius 1 is 1.41 bits per heavy atom. The van der Waals surface area contributed by atoms with Crippen LogP contribution in [0.15, 0.2) is 16.6 Å². The molecule has 126 valence electrons. The molecular formula is C12H17BrCl2FN3O3. The number of hydrogen-bond acceptors (Lipinski definition) is 5. The quantitative estimate of drug-likeness (QED) is 0.578. The zero-order valence-corrected chi connectivity index (χ0v) is 14.7. The van der Waals surface area contributed by atoms with Gasteiger partial charge in [0.1, 0.15) is 6.67 Å². The van der Waals surface area contributed by atoms with Crippen LogP contribution in [0.3, 0.4) is 0 Å². The highest BCUT2D eigenvalue weighted by Gasteiger charge is 2.28. The molecule has 1 atom stereocenters. The van der Waals surface area contributed by atoms with Crippen molar-refractivity contribution in [3.63, 3.8) is 0 Å². The highest BCUT2D eigenvalue weighted by molar-refractivity contribution is 9.10. The van der Waals surface area contributed by atoms with Crippen molar-refractivity contribution in [3.05, 3.63) is 32.3 Å². The van der Waals surface area contributed by atoms with Crippen LogP contribution in [-0.4, -0.2) is 47.8 Å². The van der Waals surface area contributed by atoms with Crippen molar-refractivity contribution in [1.29, 1.82) is 0 Å². The number of rotatable bonds is 4. The van der Waals surface area contributed by atoms with E-state index >= 15 is 0 Å². The van der Waals surface area contributed by atoms with Crippen molar-refractivity contribution in [2.75, 3.05) is 32.9 Å². The molecule has 0 saturated carbocycles. The van der Waals surface area contributed by atoms with Gasteiger partial charge in [0.2, 0.25) is 0 Å². The maximum absolute atomic E-state index is 13.4. The van der Waals surface area contributed by atoms with Crippen molar-refractivity contribution in [3.8, 4) is 5.75 Å². The highest BCUT2D eigenvalue weighted by Crippen LogP contribution is 2.38. The zero-order valence-electron chi connectivity index (χ0n) is 11.5. The second-order valence-corrected chi connectivity index (χ2v) is 5.49. The first-order valence-corrected chi connectivity index (χ1v) is 7.01. The van der Waals surface area contributed by atoms with E-state index in [1.807, 2.05) is 4.90 Å². The summed E-state index contributed by atoms with van der Waals surface area (Å²) in [5.41, 5.74) is -0.168. The van der Waals surface area contributed by atoms with E-state index in [1.165, 1.54) is 12.1 Å². The number of piperazine rings is 1. The van der Waals surface area contributed by atoms with Crippen LogP contribution in [-0.2, 0) is 0 Å². The molecule has 0 aromatic heterocycles. The number of hydrogen-bond donors (Lipinski definition) is 2. The number of aromatic hydroxyl groups is 1. The Balaban J connectivity index is 0.00000220. The normalized spacial score (nSPS) is 16.3. The Morgan fingerprint density at radius 2 is 2.00 bits per heavy atom. The van der Waals surface area contributed by atoms with E-state index in [0.29, 0.717) is 17.6 Å². The molecule has 1 heterocycles. The van der Waals surface area contributed by atoms with Gasteiger partial charge in [-0.15, -0.1) is 24.8 Å². The largest absolute Gasteiger partial charge is 0.502 e. The predicted molar refractivity (Wildman–Crippen MR) is 90.1 cm³/mol.